The first kappa shape index (κ1) is 11.8. The van der Waals surface area contributed by atoms with Crippen LogP contribution in [0.25, 0.3) is 5.57 Å². The molecule has 2 heteroatoms. The van der Waals surface area contributed by atoms with E-state index in [1.54, 1.807) is 0 Å². The maximum atomic E-state index is 4.01. The molecule has 96 valence electrons. The largest absolute Gasteiger partial charge is 0.355 e. The monoisotopic (exact) mass is 250 g/mol. The molecule has 0 aliphatic carbocycles. The molecule has 1 aromatic carbocycles. The van der Waals surface area contributed by atoms with Crippen molar-refractivity contribution in [1.29, 1.82) is 0 Å². The van der Waals surface area contributed by atoms with E-state index < -0.39 is 0 Å². The zero-order chi connectivity index (χ0) is 13.4. The zero-order valence-corrected chi connectivity index (χ0v) is 11.4. The maximum absolute atomic E-state index is 4.01. The highest BCUT2D eigenvalue weighted by Crippen LogP contribution is 2.42. The molecule has 2 heterocycles. The molecule has 0 N–H and O–H groups in total. The fraction of sp³-hybridized carbons (Fsp3) is 0.176. The normalized spacial score (nSPS) is 21.1. The van der Waals surface area contributed by atoms with E-state index in [9.17, 15) is 0 Å². The summed E-state index contributed by atoms with van der Waals surface area (Å²) in [6, 6.07) is 8.50. The summed E-state index contributed by atoms with van der Waals surface area (Å²) in [5.74, 6) is 0. The van der Waals surface area contributed by atoms with E-state index in [2.05, 4.69) is 79.2 Å². The number of para-hydroxylation sites is 1. The van der Waals surface area contributed by atoms with Gasteiger partial charge < -0.3 is 9.80 Å². The zero-order valence-electron chi connectivity index (χ0n) is 11.4. The van der Waals surface area contributed by atoms with Gasteiger partial charge in [0.05, 0.1) is 5.69 Å². The van der Waals surface area contributed by atoms with Crippen molar-refractivity contribution in [1.82, 2.24) is 4.90 Å². The van der Waals surface area contributed by atoms with Gasteiger partial charge in [0.2, 0.25) is 0 Å². The molecular weight excluding hydrogens is 232 g/mol. The average Bonchev–Trinajstić information content (AvgIpc) is 2.82. The molecule has 0 radical (unpaired) electrons. The van der Waals surface area contributed by atoms with E-state index in [-0.39, 0.29) is 6.17 Å². The second-order valence-corrected chi connectivity index (χ2v) is 4.83. The van der Waals surface area contributed by atoms with Crippen molar-refractivity contribution >= 4 is 11.3 Å². The molecule has 1 atom stereocenters. The van der Waals surface area contributed by atoms with E-state index in [4.69, 9.17) is 0 Å². The van der Waals surface area contributed by atoms with E-state index in [1.165, 1.54) is 22.4 Å². The van der Waals surface area contributed by atoms with E-state index in [1.807, 2.05) is 6.08 Å². The van der Waals surface area contributed by atoms with E-state index in [0.717, 1.165) is 0 Å². The number of allylic oxidation sites excluding steroid dienone is 3. The van der Waals surface area contributed by atoms with Crippen LogP contribution in [0.3, 0.4) is 0 Å². The Kier molecular flexibility index (Phi) is 2.79. The highest BCUT2D eigenvalue weighted by Gasteiger charge is 2.34. The lowest BCUT2D eigenvalue weighted by Gasteiger charge is -2.37. The van der Waals surface area contributed by atoms with Crippen molar-refractivity contribution < 1.29 is 0 Å². The predicted molar refractivity (Wildman–Crippen MR) is 81.5 cm³/mol. The molecular formula is C17H18N2. The summed E-state index contributed by atoms with van der Waals surface area (Å²) in [7, 11) is 2.11. The van der Waals surface area contributed by atoms with Crippen LogP contribution in [0.15, 0.2) is 67.0 Å². The number of rotatable bonds is 2. The first-order valence-electron chi connectivity index (χ1n) is 6.55. The third kappa shape index (κ3) is 1.64. The quantitative estimate of drug-likeness (QED) is 0.788. The van der Waals surface area contributed by atoms with Crippen LogP contribution >= 0.6 is 0 Å². The number of likely N-dealkylation sites (N-methyl/N-ethyl adjacent to an activating group) is 1. The van der Waals surface area contributed by atoms with Gasteiger partial charge in [0.1, 0.15) is 6.17 Å². The number of nitrogens with zero attached hydrogens (tertiary/aromatic N) is 2. The minimum atomic E-state index is 0.235. The van der Waals surface area contributed by atoms with Crippen molar-refractivity contribution in [2.75, 3.05) is 11.9 Å². The SMILES string of the molecule is C=CC1=C(/C=C\C)C2N(C)C=CN2c2ccccc21. The van der Waals surface area contributed by atoms with Crippen LogP contribution in [-0.2, 0) is 0 Å². The highest BCUT2D eigenvalue weighted by molar-refractivity contribution is 5.90. The molecule has 0 bridgehead atoms. The molecule has 3 rings (SSSR count). The van der Waals surface area contributed by atoms with Gasteiger partial charge in [-0.15, -0.1) is 0 Å². The number of hydrogen-bond acceptors (Lipinski definition) is 2. The van der Waals surface area contributed by atoms with Crippen LogP contribution in [0.5, 0.6) is 0 Å². The van der Waals surface area contributed by atoms with Gasteiger partial charge in [0, 0.05) is 30.6 Å². The molecule has 2 nitrogen and oxygen atoms in total. The lowest BCUT2D eigenvalue weighted by molar-refractivity contribution is 0.404. The van der Waals surface area contributed by atoms with Crippen molar-refractivity contribution in [2.45, 2.75) is 13.1 Å². The van der Waals surface area contributed by atoms with Gasteiger partial charge in [-0.25, -0.2) is 0 Å². The van der Waals surface area contributed by atoms with Crippen molar-refractivity contribution in [3.63, 3.8) is 0 Å². The van der Waals surface area contributed by atoms with Crippen LogP contribution in [-0.4, -0.2) is 18.1 Å². The molecule has 2 aliphatic rings. The maximum Gasteiger partial charge on any atom is 0.132 e. The minimum absolute atomic E-state index is 0.235. The Balaban J connectivity index is 2.29. The van der Waals surface area contributed by atoms with Crippen molar-refractivity contribution in [3.05, 3.63) is 72.6 Å². The Morgan fingerprint density at radius 1 is 1.21 bits per heavy atom. The van der Waals surface area contributed by atoms with Gasteiger partial charge >= 0.3 is 0 Å². The Morgan fingerprint density at radius 2 is 2.00 bits per heavy atom. The standard InChI is InChI=1S/C17H18N2/c1-4-8-15-13(5-2)14-9-6-7-10-16(14)19-12-11-18(3)17(15)19/h4-12,17H,2H2,1,3H3/b8-4-. The molecule has 1 unspecified atom stereocenters. The second-order valence-electron chi connectivity index (χ2n) is 4.83. The van der Waals surface area contributed by atoms with E-state index in [0.29, 0.717) is 0 Å². The molecule has 0 spiro atoms. The van der Waals surface area contributed by atoms with Gasteiger partial charge in [-0.05, 0) is 18.6 Å². The van der Waals surface area contributed by atoms with Crippen molar-refractivity contribution in [2.24, 2.45) is 0 Å². The van der Waals surface area contributed by atoms with Crippen LogP contribution in [0, 0.1) is 0 Å². The summed E-state index contributed by atoms with van der Waals surface area (Å²) >= 11 is 0. The Hall–Kier alpha value is -2.22. The highest BCUT2D eigenvalue weighted by atomic mass is 15.4. The van der Waals surface area contributed by atoms with Gasteiger partial charge in [-0.3, -0.25) is 0 Å². The first-order valence-corrected chi connectivity index (χ1v) is 6.55. The molecule has 0 fully saturated rings. The van der Waals surface area contributed by atoms with Crippen molar-refractivity contribution in [3.8, 4) is 0 Å². The van der Waals surface area contributed by atoms with E-state index >= 15 is 0 Å². The Bertz CT molecular complexity index is 607. The Morgan fingerprint density at radius 3 is 2.74 bits per heavy atom. The Labute approximate surface area is 114 Å². The lowest BCUT2D eigenvalue weighted by atomic mass is 9.91. The third-order valence-electron chi connectivity index (χ3n) is 3.72. The average molecular weight is 250 g/mol. The summed E-state index contributed by atoms with van der Waals surface area (Å²) in [4.78, 5) is 4.55. The summed E-state index contributed by atoms with van der Waals surface area (Å²) in [6.45, 7) is 6.06. The number of anilines is 1. The molecule has 1 aromatic rings. The summed E-state index contributed by atoms with van der Waals surface area (Å²) in [6.07, 6.45) is 10.8. The lowest BCUT2D eigenvalue weighted by Crippen LogP contribution is -2.40. The molecule has 2 aliphatic heterocycles. The molecule has 19 heavy (non-hydrogen) atoms. The molecule has 0 amide bonds. The third-order valence-corrected chi connectivity index (χ3v) is 3.72. The van der Waals surface area contributed by atoms with Crippen LogP contribution in [0.1, 0.15) is 12.5 Å². The van der Waals surface area contributed by atoms with Crippen LogP contribution in [0.4, 0.5) is 5.69 Å². The summed E-state index contributed by atoms with van der Waals surface area (Å²) in [5.41, 5.74) is 5.02. The fourth-order valence-electron chi connectivity index (χ4n) is 2.92. The number of hydrogen-bond donors (Lipinski definition) is 0. The second kappa shape index (κ2) is 4.47. The van der Waals surface area contributed by atoms with Gasteiger partial charge in [-0.1, -0.05) is 43.0 Å². The molecule has 0 saturated carbocycles. The summed E-state index contributed by atoms with van der Waals surface area (Å²) < 4.78 is 0. The smallest absolute Gasteiger partial charge is 0.132 e. The first-order chi connectivity index (χ1) is 9.27. The number of fused-ring (bicyclic) bond motifs is 3. The topological polar surface area (TPSA) is 6.48 Å². The van der Waals surface area contributed by atoms with Crippen LogP contribution < -0.4 is 4.90 Å². The number of benzene rings is 1. The predicted octanol–water partition coefficient (Wildman–Crippen LogP) is 3.77. The molecule has 0 aromatic heterocycles. The fourth-order valence-corrected chi connectivity index (χ4v) is 2.92. The minimum Gasteiger partial charge on any atom is -0.355 e. The van der Waals surface area contributed by atoms with Crippen LogP contribution in [0.2, 0.25) is 0 Å². The molecule has 0 saturated heterocycles. The van der Waals surface area contributed by atoms with Gasteiger partial charge in [0.25, 0.3) is 0 Å². The van der Waals surface area contributed by atoms with Gasteiger partial charge in [0.15, 0.2) is 0 Å². The summed E-state index contributed by atoms with van der Waals surface area (Å²) in [5, 5.41) is 0. The van der Waals surface area contributed by atoms with Gasteiger partial charge in [-0.2, -0.15) is 0 Å².